The molecule has 0 heterocycles. The highest BCUT2D eigenvalue weighted by Crippen LogP contribution is 2.30. The third-order valence-electron chi connectivity index (χ3n) is 2.81. The van der Waals surface area contributed by atoms with E-state index < -0.39 is 0 Å². The maximum absolute atomic E-state index is 10.9. The van der Waals surface area contributed by atoms with Gasteiger partial charge in [-0.2, -0.15) is 0 Å². The molecule has 104 valence electrons. The minimum atomic E-state index is 0.0675. The van der Waals surface area contributed by atoms with Crippen LogP contribution in [0.3, 0.4) is 0 Å². The van der Waals surface area contributed by atoms with E-state index in [4.69, 9.17) is 9.47 Å². The number of hydrogen-bond acceptors (Lipinski definition) is 4. The minimum Gasteiger partial charge on any atom is -0.504 e. The Bertz CT molecular complexity index is 593. The topological polar surface area (TPSA) is 55.8 Å². The average molecular weight is 272 g/mol. The van der Waals surface area contributed by atoms with Crippen LogP contribution in [0, 0.1) is 0 Å². The largest absolute Gasteiger partial charge is 0.504 e. The van der Waals surface area contributed by atoms with Gasteiger partial charge in [-0.1, -0.05) is 24.3 Å². The highest BCUT2D eigenvalue weighted by Gasteiger charge is 2.09. The Morgan fingerprint density at radius 1 is 1.05 bits per heavy atom. The summed E-state index contributed by atoms with van der Waals surface area (Å²) in [5.74, 6) is 0.985. The second-order valence-electron chi connectivity index (χ2n) is 4.14. The maximum Gasteiger partial charge on any atom is 0.164 e. The summed E-state index contributed by atoms with van der Waals surface area (Å²) in [6, 6.07) is 12.2. The van der Waals surface area contributed by atoms with Crippen molar-refractivity contribution in [3.63, 3.8) is 0 Å². The van der Waals surface area contributed by atoms with Gasteiger partial charge in [0, 0.05) is 5.56 Å². The summed E-state index contributed by atoms with van der Waals surface area (Å²) < 4.78 is 10.9. The zero-order chi connectivity index (χ0) is 14.4. The lowest BCUT2D eigenvalue weighted by molar-refractivity contribution is 0.111. The lowest BCUT2D eigenvalue weighted by Crippen LogP contribution is -2.00. The number of carbonyl (C=O) groups is 1. The normalized spacial score (nSPS) is 10.1. The quantitative estimate of drug-likeness (QED) is 0.820. The van der Waals surface area contributed by atoms with Gasteiger partial charge in [-0.15, -0.1) is 0 Å². The summed E-state index contributed by atoms with van der Waals surface area (Å²) in [7, 11) is 0. The molecule has 4 heteroatoms. The SMILES string of the molecule is CCOc1cccc(COc2ccccc2C=O)c1O. The van der Waals surface area contributed by atoms with Gasteiger partial charge in [-0.25, -0.2) is 0 Å². The molecule has 0 bridgehead atoms. The predicted molar refractivity (Wildman–Crippen MR) is 75.4 cm³/mol. The summed E-state index contributed by atoms with van der Waals surface area (Å²) in [5.41, 5.74) is 1.09. The molecule has 2 rings (SSSR count). The van der Waals surface area contributed by atoms with Gasteiger partial charge in [0.05, 0.1) is 12.2 Å². The van der Waals surface area contributed by atoms with Crippen LogP contribution in [0.25, 0.3) is 0 Å². The van der Waals surface area contributed by atoms with E-state index in [0.717, 1.165) is 6.29 Å². The van der Waals surface area contributed by atoms with Crippen LogP contribution in [0.5, 0.6) is 17.2 Å². The number of aromatic hydroxyl groups is 1. The Labute approximate surface area is 117 Å². The van der Waals surface area contributed by atoms with Gasteiger partial charge in [0.25, 0.3) is 0 Å². The van der Waals surface area contributed by atoms with Crippen molar-refractivity contribution in [1.82, 2.24) is 0 Å². The molecule has 0 saturated carbocycles. The van der Waals surface area contributed by atoms with Crippen LogP contribution in [0.2, 0.25) is 0 Å². The number of rotatable bonds is 6. The van der Waals surface area contributed by atoms with Gasteiger partial charge in [-0.05, 0) is 25.1 Å². The van der Waals surface area contributed by atoms with Gasteiger partial charge in [0.15, 0.2) is 17.8 Å². The van der Waals surface area contributed by atoms with Crippen molar-refractivity contribution in [3.8, 4) is 17.2 Å². The van der Waals surface area contributed by atoms with Crippen LogP contribution < -0.4 is 9.47 Å². The summed E-state index contributed by atoms with van der Waals surface area (Å²) in [6.45, 7) is 2.49. The van der Waals surface area contributed by atoms with Crippen molar-refractivity contribution < 1.29 is 19.4 Å². The second kappa shape index (κ2) is 6.61. The molecule has 0 unspecified atom stereocenters. The number of phenols is 1. The van der Waals surface area contributed by atoms with Crippen molar-refractivity contribution in [2.24, 2.45) is 0 Å². The molecule has 0 fully saturated rings. The number of carbonyl (C=O) groups excluding carboxylic acids is 1. The lowest BCUT2D eigenvalue weighted by Gasteiger charge is -2.12. The maximum atomic E-state index is 10.9. The fourth-order valence-corrected chi connectivity index (χ4v) is 1.82. The Morgan fingerprint density at radius 3 is 2.55 bits per heavy atom. The van der Waals surface area contributed by atoms with Gasteiger partial charge < -0.3 is 14.6 Å². The molecular weight excluding hydrogens is 256 g/mol. The number of phenolic OH excluding ortho intramolecular Hbond substituents is 1. The molecule has 0 radical (unpaired) electrons. The van der Waals surface area contributed by atoms with E-state index in [1.807, 2.05) is 6.92 Å². The Balaban J connectivity index is 2.15. The molecule has 0 spiro atoms. The zero-order valence-corrected chi connectivity index (χ0v) is 11.2. The smallest absolute Gasteiger partial charge is 0.164 e. The molecule has 0 aromatic heterocycles. The van der Waals surface area contributed by atoms with Crippen molar-refractivity contribution >= 4 is 6.29 Å². The molecule has 0 atom stereocenters. The predicted octanol–water partition coefficient (Wildman–Crippen LogP) is 3.18. The number of ether oxygens (including phenoxy) is 2. The Hall–Kier alpha value is -2.49. The number of aldehydes is 1. The third-order valence-corrected chi connectivity index (χ3v) is 2.81. The van der Waals surface area contributed by atoms with E-state index in [2.05, 4.69) is 0 Å². The number of para-hydroxylation sites is 2. The standard InChI is InChI=1S/C16H16O4/c1-2-19-15-9-5-7-13(16(15)18)11-20-14-8-4-3-6-12(14)10-17/h3-10,18H,2,11H2,1H3. The Kier molecular flexibility index (Phi) is 4.60. The van der Waals surface area contributed by atoms with Gasteiger partial charge >= 0.3 is 0 Å². The Morgan fingerprint density at radius 2 is 1.80 bits per heavy atom. The molecule has 2 aromatic rings. The molecule has 0 aliphatic heterocycles. The first-order chi connectivity index (χ1) is 9.76. The van der Waals surface area contributed by atoms with E-state index in [0.29, 0.717) is 29.2 Å². The van der Waals surface area contributed by atoms with Crippen LogP contribution >= 0.6 is 0 Å². The first-order valence-corrected chi connectivity index (χ1v) is 6.37. The average Bonchev–Trinajstić information content (AvgIpc) is 2.48. The van der Waals surface area contributed by atoms with Crippen molar-refractivity contribution in [3.05, 3.63) is 53.6 Å². The van der Waals surface area contributed by atoms with Crippen LogP contribution in [0.1, 0.15) is 22.8 Å². The fraction of sp³-hybridized carbons (Fsp3) is 0.188. The molecule has 0 aliphatic rings. The van der Waals surface area contributed by atoms with Gasteiger partial charge in [-0.3, -0.25) is 4.79 Å². The zero-order valence-electron chi connectivity index (χ0n) is 11.2. The molecule has 4 nitrogen and oxygen atoms in total. The summed E-state index contributed by atoms with van der Waals surface area (Å²) >= 11 is 0. The summed E-state index contributed by atoms with van der Waals surface area (Å²) in [4.78, 5) is 10.9. The molecule has 2 aromatic carbocycles. The van der Waals surface area contributed by atoms with Gasteiger partial charge in [0.2, 0.25) is 0 Å². The molecule has 1 N–H and O–H groups in total. The summed E-state index contributed by atoms with van der Waals surface area (Å²) in [6.07, 6.45) is 0.742. The summed E-state index contributed by atoms with van der Waals surface area (Å²) in [5, 5.41) is 10.0. The fourth-order valence-electron chi connectivity index (χ4n) is 1.82. The molecular formula is C16H16O4. The van der Waals surface area contributed by atoms with Crippen LogP contribution in [0.15, 0.2) is 42.5 Å². The monoisotopic (exact) mass is 272 g/mol. The molecule has 0 aliphatic carbocycles. The van der Waals surface area contributed by atoms with Crippen LogP contribution in [0.4, 0.5) is 0 Å². The van der Waals surface area contributed by atoms with E-state index in [1.165, 1.54) is 0 Å². The first-order valence-electron chi connectivity index (χ1n) is 6.37. The van der Waals surface area contributed by atoms with E-state index in [-0.39, 0.29) is 12.4 Å². The third kappa shape index (κ3) is 3.09. The van der Waals surface area contributed by atoms with Crippen LogP contribution in [-0.2, 0) is 6.61 Å². The van der Waals surface area contributed by atoms with E-state index in [1.54, 1.807) is 42.5 Å². The molecule has 0 amide bonds. The number of hydrogen-bond donors (Lipinski definition) is 1. The van der Waals surface area contributed by atoms with Crippen molar-refractivity contribution in [1.29, 1.82) is 0 Å². The highest BCUT2D eigenvalue weighted by molar-refractivity contribution is 5.79. The molecule has 0 saturated heterocycles. The van der Waals surface area contributed by atoms with E-state index in [9.17, 15) is 9.90 Å². The van der Waals surface area contributed by atoms with E-state index >= 15 is 0 Å². The highest BCUT2D eigenvalue weighted by atomic mass is 16.5. The second-order valence-corrected chi connectivity index (χ2v) is 4.14. The first kappa shape index (κ1) is 13.9. The number of benzene rings is 2. The lowest BCUT2D eigenvalue weighted by atomic mass is 10.2. The van der Waals surface area contributed by atoms with Crippen molar-refractivity contribution in [2.45, 2.75) is 13.5 Å². The van der Waals surface area contributed by atoms with Crippen molar-refractivity contribution in [2.75, 3.05) is 6.61 Å². The van der Waals surface area contributed by atoms with Gasteiger partial charge in [0.1, 0.15) is 12.4 Å². The minimum absolute atomic E-state index is 0.0675. The van der Waals surface area contributed by atoms with Crippen LogP contribution in [-0.4, -0.2) is 18.0 Å². The molecule has 20 heavy (non-hydrogen) atoms.